The predicted molar refractivity (Wildman–Crippen MR) is 166 cm³/mol. The van der Waals surface area contributed by atoms with Gasteiger partial charge in [0.1, 0.15) is 0 Å². The van der Waals surface area contributed by atoms with Crippen LogP contribution < -0.4 is 20.6 Å². The number of hydrogen-bond acceptors (Lipinski definition) is 6. The summed E-state index contributed by atoms with van der Waals surface area (Å²) < 4.78 is 0. The zero-order valence-electron chi connectivity index (χ0n) is 23.8. The van der Waals surface area contributed by atoms with Crippen LogP contribution >= 0.6 is 9.24 Å². The van der Waals surface area contributed by atoms with Crippen molar-refractivity contribution in [1.29, 1.82) is 0 Å². The van der Waals surface area contributed by atoms with Crippen LogP contribution in [0.15, 0.2) is 34.5 Å². The van der Waals surface area contributed by atoms with Gasteiger partial charge in [-0.3, -0.25) is 0 Å². The largest absolute Gasteiger partial charge is 0.368 e. The number of benzene rings is 1. The summed E-state index contributed by atoms with van der Waals surface area (Å²) in [5.41, 5.74) is 11.7. The van der Waals surface area contributed by atoms with Gasteiger partial charge in [-0.1, -0.05) is 50.5 Å². The van der Waals surface area contributed by atoms with Crippen molar-refractivity contribution in [2.75, 3.05) is 49.6 Å². The van der Waals surface area contributed by atoms with Gasteiger partial charge in [-0.25, -0.2) is 15.3 Å². The van der Waals surface area contributed by atoms with Crippen LogP contribution in [0.25, 0.3) is 5.57 Å². The lowest BCUT2D eigenvalue weighted by molar-refractivity contribution is 0.0238. The molecule has 3 saturated carbocycles. The second-order valence-corrected chi connectivity index (χ2v) is 13.6. The van der Waals surface area contributed by atoms with Gasteiger partial charge in [0.25, 0.3) is 0 Å². The molecule has 0 bridgehead atoms. The van der Waals surface area contributed by atoms with E-state index in [1.165, 1.54) is 104 Å². The number of allylic oxidation sites excluding steroid dienone is 1. The number of piperazine rings is 1. The number of nitrogens with one attached hydrogen (secondary N) is 1. The summed E-state index contributed by atoms with van der Waals surface area (Å²) in [4.78, 5) is 18.8. The first kappa shape index (κ1) is 26.0. The Labute approximate surface area is 237 Å². The van der Waals surface area contributed by atoms with Crippen molar-refractivity contribution in [1.82, 2.24) is 10.4 Å². The first-order valence-corrected chi connectivity index (χ1v) is 16.3. The lowest BCUT2D eigenvalue weighted by Gasteiger charge is -2.38. The van der Waals surface area contributed by atoms with Gasteiger partial charge in [-0.05, 0) is 74.0 Å². The van der Waals surface area contributed by atoms with Gasteiger partial charge in [0.2, 0.25) is 0 Å². The van der Waals surface area contributed by atoms with Crippen molar-refractivity contribution in [3.05, 3.63) is 35.0 Å². The molecule has 7 rings (SSSR count). The maximum atomic E-state index is 6.08. The quantitative estimate of drug-likeness (QED) is 0.469. The molecule has 4 fully saturated rings. The average Bonchev–Trinajstić information content (AvgIpc) is 3.44. The molecule has 210 valence electrons. The minimum Gasteiger partial charge on any atom is -0.368 e. The molecule has 3 heterocycles. The molecule has 3 aliphatic carbocycles. The third-order valence-corrected chi connectivity index (χ3v) is 10.4. The summed E-state index contributed by atoms with van der Waals surface area (Å²) in [5.74, 6) is 2.46. The Morgan fingerprint density at radius 2 is 1.64 bits per heavy atom. The number of likely N-dealkylation sites (N-methyl/N-ethyl adjacent to an activating group) is 1. The molecule has 0 radical (unpaired) electrons. The Morgan fingerprint density at radius 1 is 0.923 bits per heavy atom. The van der Waals surface area contributed by atoms with Gasteiger partial charge >= 0.3 is 0 Å². The van der Waals surface area contributed by atoms with E-state index < -0.39 is 0 Å². The monoisotopic (exact) mass is 547 g/mol. The molecule has 6 nitrogen and oxygen atoms in total. The minimum atomic E-state index is -0.0560. The van der Waals surface area contributed by atoms with Gasteiger partial charge in [-0.15, -0.1) is 9.24 Å². The van der Waals surface area contributed by atoms with Gasteiger partial charge in [0.15, 0.2) is 12.1 Å². The molecule has 1 saturated heterocycles. The van der Waals surface area contributed by atoms with Crippen LogP contribution in [0.4, 0.5) is 11.4 Å². The maximum absolute atomic E-state index is 6.08. The zero-order valence-corrected chi connectivity index (χ0v) is 24.9. The Bertz CT molecular complexity index is 1170. The van der Waals surface area contributed by atoms with E-state index in [2.05, 4.69) is 54.8 Å². The molecule has 7 heteroatoms. The fourth-order valence-electron chi connectivity index (χ4n) is 7.54. The topological polar surface area (TPSA) is 43.3 Å². The lowest BCUT2D eigenvalue weighted by atomic mass is 9.87. The zero-order chi connectivity index (χ0) is 26.3. The molecular weight excluding hydrogens is 501 g/mol. The first-order valence-electron chi connectivity index (χ1n) is 15.7. The van der Waals surface area contributed by atoms with Crippen molar-refractivity contribution in [3.8, 4) is 0 Å². The van der Waals surface area contributed by atoms with E-state index in [0.29, 0.717) is 0 Å². The van der Waals surface area contributed by atoms with E-state index in [4.69, 9.17) is 9.83 Å². The summed E-state index contributed by atoms with van der Waals surface area (Å²) in [7, 11) is 5.31. The maximum Gasteiger partial charge on any atom is 0.177 e. The number of aliphatic imine (C=N–C) groups is 1. The highest BCUT2D eigenvalue weighted by Gasteiger charge is 2.35. The fraction of sp³-hybridized carbons (Fsp3) is 0.656. The smallest absolute Gasteiger partial charge is 0.177 e. The van der Waals surface area contributed by atoms with Gasteiger partial charge in [-0.2, -0.15) is 0 Å². The normalized spacial score (nSPS) is 26.6. The highest BCUT2D eigenvalue weighted by molar-refractivity contribution is 7.28. The molecule has 1 aromatic carbocycles. The predicted octanol–water partition coefficient (Wildman–Crippen LogP) is 5.61. The number of nitrogens with zero attached hydrogens (tertiary/aromatic N) is 4. The average molecular weight is 548 g/mol. The molecule has 6 aliphatic rings. The number of hydroxylamine groups is 1. The van der Waals surface area contributed by atoms with Gasteiger partial charge < -0.3 is 14.7 Å². The standard InChI is InChI=1S/C32H46N5OP/c1-35-13-15-36(16-14-35)28-19-27-25(18-29(28)39)31(24-11-12-24)26(21-37(27)20-23-9-3-2-4-10-23)32-33-30(38-34-32)17-22-7-5-6-8-22/h18-19,21-23,30H,2-17,20,39H2,1H3,(H,33,34). The minimum absolute atomic E-state index is 0.0560. The molecule has 3 aliphatic heterocycles. The van der Waals surface area contributed by atoms with Crippen molar-refractivity contribution >= 4 is 37.3 Å². The second kappa shape index (κ2) is 11.2. The Kier molecular flexibility index (Phi) is 7.47. The second-order valence-electron chi connectivity index (χ2n) is 12.9. The van der Waals surface area contributed by atoms with Crippen molar-refractivity contribution in [3.63, 3.8) is 0 Å². The van der Waals surface area contributed by atoms with E-state index in [-0.39, 0.29) is 6.23 Å². The Hall–Kier alpha value is -1.88. The van der Waals surface area contributed by atoms with E-state index in [1.807, 2.05) is 0 Å². The molecule has 39 heavy (non-hydrogen) atoms. The summed E-state index contributed by atoms with van der Waals surface area (Å²) in [6.07, 6.45) is 18.0. The molecule has 0 aromatic heterocycles. The van der Waals surface area contributed by atoms with E-state index in [9.17, 15) is 0 Å². The summed E-state index contributed by atoms with van der Waals surface area (Å²) in [6.45, 7) is 5.53. The summed E-state index contributed by atoms with van der Waals surface area (Å²) in [5, 5.41) is 1.31. The third kappa shape index (κ3) is 5.54. The van der Waals surface area contributed by atoms with Crippen LogP contribution in [0.5, 0.6) is 0 Å². The first-order chi connectivity index (χ1) is 19.1. The van der Waals surface area contributed by atoms with Gasteiger partial charge in [0, 0.05) is 55.7 Å². The van der Waals surface area contributed by atoms with Crippen LogP contribution in [-0.4, -0.2) is 56.7 Å². The number of hydrogen-bond donors (Lipinski definition) is 1. The van der Waals surface area contributed by atoms with Crippen molar-refractivity contribution in [2.45, 2.75) is 83.3 Å². The van der Waals surface area contributed by atoms with Crippen LogP contribution in [0.3, 0.4) is 0 Å². The van der Waals surface area contributed by atoms with E-state index in [0.717, 1.165) is 56.8 Å². The summed E-state index contributed by atoms with van der Waals surface area (Å²) >= 11 is 0. The number of amidine groups is 1. The van der Waals surface area contributed by atoms with Crippen molar-refractivity contribution < 1.29 is 4.84 Å². The number of anilines is 2. The van der Waals surface area contributed by atoms with E-state index in [1.54, 1.807) is 5.57 Å². The van der Waals surface area contributed by atoms with Crippen LogP contribution in [0.1, 0.15) is 82.6 Å². The van der Waals surface area contributed by atoms with Crippen LogP contribution in [-0.2, 0) is 4.84 Å². The van der Waals surface area contributed by atoms with E-state index >= 15 is 0 Å². The highest BCUT2D eigenvalue weighted by atomic mass is 31.0. The summed E-state index contributed by atoms with van der Waals surface area (Å²) in [6, 6.07) is 4.97. The SMILES string of the molecule is CN1CCN(c2cc3c(cc2P)C(=C2CC2)C(C2=NC(CC4CCCC4)ON2)=CN3CC2CCCCC2)CC1. The number of fused-ring (bicyclic) bond motifs is 1. The van der Waals surface area contributed by atoms with Crippen LogP contribution in [0, 0.1) is 11.8 Å². The van der Waals surface area contributed by atoms with Gasteiger partial charge in [0.05, 0.1) is 5.69 Å². The Morgan fingerprint density at radius 3 is 2.38 bits per heavy atom. The van der Waals surface area contributed by atoms with Crippen LogP contribution in [0.2, 0.25) is 0 Å². The molecule has 1 N–H and O–H groups in total. The molecule has 0 spiro atoms. The molecular formula is C32H46N5OP. The highest BCUT2D eigenvalue weighted by Crippen LogP contribution is 2.48. The molecule has 0 amide bonds. The third-order valence-electron chi connectivity index (χ3n) is 9.98. The molecule has 1 aromatic rings. The Balaban J connectivity index is 1.25. The number of rotatable bonds is 6. The molecule has 2 unspecified atom stereocenters. The molecule has 2 atom stereocenters. The lowest BCUT2D eigenvalue weighted by Crippen LogP contribution is -2.45. The van der Waals surface area contributed by atoms with Crippen molar-refractivity contribution in [2.24, 2.45) is 16.8 Å². The fourth-order valence-corrected chi connectivity index (χ4v) is 7.97.